The average Bonchev–Trinajstić information content (AvgIpc) is 2.82. The SMILES string of the molecule is NC1(CC(=O)N2C3CCC2CC(O)C3)CCCC1. The molecule has 3 rings (SSSR count). The second kappa shape index (κ2) is 4.49. The van der Waals surface area contributed by atoms with Gasteiger partial charge in [-0.3, -0.25) is 4.79 Å². The van der Waals surface area contributed by atoms with Gasteiger partial charge in [0.15, 0.2) is 0 Å². The molecule has 0 aromatic rings. The first-order valence-electron chi connectivity index (χ1n) is 7.35. The van der Waals surface area contributed by atoms with Crippen LogP contribution >= 0.6 is 0 Å². The maximum Gasteiger partial charge on any atom is 0.224 e. The molecule has 4 nitrogen and oxygen atoms in total. The van der Waals surface area contributed by atoms with E-state index in [4.69, 9.17) is 5.73 Å². The Morgan fingerprint density at radius 1 is 1.22 bits per heavy atom. The molecule has 2 saturated heterocycles. The Hall–Kier alpha value is -0.610. The third-order valence-corrected chi connectivity index (χ3v) is 5.10. The summed E-state index contributed by atoms with van der Waals surface area (Å²) < 4.78 is 0. The second-order valence-electron chi connectivity index (χ2n) is 6.56. The molecule has 2 atom stereocenters. The fourth-order valence-corrected chi connectivity index (χ4v) is 4.20. The first-order chi connectivity index (χ1) is 8.57. The van der Waals surface area contributed by atoms with Gasteiger partial charge in [0.25, 0.3) is 0 Å². The van der Waals surface area contributed by atoms with Crippen molar-refractivity contribution in [1.82, 2.24) is 4.90 Å². The number of aliphatic hydroxyl groups excluding tert-OH is 1. The van der Waals surface area contributed by atoms with E-state index < -0.39 is 0 Å². The maximum atomic E-state index is 12.5. The van der Waals surface area contributed by atoms with E-state index in [0.29, 0.717) is 6.42 Å². The van der Waals surface area contributed by atoms with Crippen molar-refractivity contribution < 1.29 is 9.90 Å². The lowest BCUT2D eigenvalue weighted by molar-refractivity contribution is -0.138. The van der Waals surface area contributed by atoms with Crippen LogP contribution in [0, 0.1) is 0 Å². The van der Waals surface area contributed by atoms with Crippen molar-refractivity contribution in [3.63, 3.8) is 0 Å². The minimum Gasteiger partial charge on any atom is -0.393 e. The molecule has 2 heterocycles. The summed E-state index contributed by atoms with van der Waals surface area (Å²) in [5.41, 5.74) is 6.06. The Kier molecular flexibility index (Phi) is 3.10. The molecule has 4 heteroatoms. The summed E-state index contributed by atoms with van der Waals surface area (Å²) in [5.74, 6) is 0.235. The van der Waals surface area contributed by atoms with Crippen molar-refractivity contribution in [2.45, 2.75) is 81.5 Å². The van der Waals surface area contributed by atoms with Gasteiger partial charge in [-0.1, -0.05) is 12.8 Å². The molecule has 0 aromatic heterocycles. The summed E-state index contributed by atoms with van der Waals surface area (Å²) >= 11 is 0. The van der Waals surface area contributed by atoms with Crippen LogP contribution in [0.2, 0.25) is 0 Å². The molecule has 2 bridgehead atoms. The van der Waals surface area contributed by atoms with Gasteiger partial charge >= 0.3 is 0 Å². The smallest absolute Gasteiger partial charge is 0.224 e. The number of piperidine rings is 1. The Balaban J connectivity index is 1.66. The molecule has 3 aliphatic rings. The summed E-state index contributed by atoms with van der Waals surface area (Å²) in [6.45, 7) is 0. The highest BCUT2D eigenvalue weighted by Crippen LogP contribution is 2.38. The lowest BCUT2D eigenvalue weighted by Gasteiger charge is -2.39. The minimum atomic E-state index is -0.243. The maximum absolute atomic E-state index is 12.5. The van der Waals surface area contributed by atoms with E-state index in [1.54, 1.807) is 0 Å². The van der Waals surface area contributed by atoms with Crippen molar-refractivity contribution in [1.29, 1.82) is 0 Å². The number of rotatable bonds is 2. The van der Waals surface area contributed by atoms with Crippen molar-refractivity contribution in [3.05, 3.63) is 0 Å². The Labute approximate surface area is 109 Å². The minimum absolute atomic E-state index is 0.204. The topological polar surface area (TPSA) is 66.6 Å². The summed E-state index contributed by atoms with van der Waals surface area (Å²) in [6.07, 6.45) is 8.26. The molecular weight excluding hydrogens is 228 g/mol. The van der Waals surface area contributed by atoms with Crippen LogP contribution in [-0.2, 0) is 4.79 Å². The molecule has 1 saturated carbocycles. The van der Waals surface area contributed by atoms with Crippen molar-refractivity contribution >= 4 is 5.91 Å². The summed E-state index contributed by atoms with van der Waals surface area (Å²) in [6, 6.07) is 0.549. The molecule has 0 radical (unpaired) electrons. The van der Waals surface area contributed by atoms with E-state index in [-0.39, 0.29) is 29.6 Å². The van der Waals surface area contributed by atoms with E-state index in [0.717, 1.165) is 51.4 Å². The number of carbonyl (C=O) groups is 1. The molecule has 0 aromatic carbocycles. The Bertz CT molecular complexity index is 325. The van der Waals surface area contributed by atoms with Crippen LogP contribution in [0.4, 0.5) is 0 Å². The third kappa shape index (κ3) is 2.16. The van der Waals surface area contributed by atoms with E-state index in [2.05, 4.69) is 4.90 Å². The van der Waals surface area contributed by atoms with Gasteiger partial charge in [-0.05, 0) is 38.5 Å². The molecule has 102 valence electrons. The second-order valence-corrected chi connectivity index (χ2v) is 6.56. The van der Waals surface area contributed by atoms with Gasteiger partial charge in [0.1, 0.15) is 0 Å². The third-order valence-electron chi connectivity index (χ3n) is 5.10. The standard InChI is InChI=1S/C14H24N2O2/c15-14(5-1-2-6-14)9-13(18)16-10-3-4-11(16)8-12(17)7-10/h10-12,17H,1-9,15H2. The van der Waals surface area contributed by atoms with Crippen LogP contribution in [0.5, 0.6) is 0 Å². The molecular formula is C14H24N2O2. The molecule has 3 fully saturated rings. The van der Waals surface area contributed by atoms with E-state index in [1.807, 2.05) is 0 Å². The van der Waals surface area contributed by atoms with Crippen LogP contribution in [0.25, 0.3) is 0 Å². The number of hydrogen-bond acceptors (Lipinski definition) is 3. The van der Waals surface area contributed by atoms with E-state index in [9.17, 15) is 9.90 Å². The molecule has 2 aliphatic heterocycles. The first-order valence-corrected chi connectivity index (χ1v) is 7.35. The average molecular weight is 252 g/mol. The van der Waals surface area contributed by atoms with Crippen LogP contribution in [0.3, 0.4) is 0 Å². The monoisotopic (exact) mass is 252 g/mol. The van der Waals surface area contributed by atoms with Gasteiger partial charge in [-0.25, -0.2) is 0 Å². The van der Waals surface area contributed by atoms with E-state index >= 15 is 0 Å². The number of carbonyl (C=O) groups excluding carboxylic acids is 1. The zero-order valence-corrected chi connectivity index (χ0v) is 11.0. The highest BCUT2D eigenvalue weighted by atomic mass is 16.3. The number of nitrogens with zero attached hydrogens (tertiary/aromatic N) is 1. The van der Waals surface area contributed by atoms with Gasteiger partial charge < -0.3 is 15.7 Å². The van der Waals surface area contributed by atoms with E-state index in [1.165, 1.54) is 0 Å². The number of fused-ring (bicyclic) bond motifs is 2. The molecule has 18 heavy (non-hydrogen) atoms. The van der Waals surface area contributed by atoms with Crippen molar-refractivity contribution in [2.24, 2.45) is 5.73 Å². The quantitative estimate of drug-likeness (QED) is 0.775. The van der Waals surface area contributed by atoms with Gasteiger partial charge in [0, 0.05) is 24.0 Å². The lowest BCUT2D eigenvalue weighted by Crippen LogP contribution is -2.51. The molecule has 3 N–H and O–H groups in total. The molecule has 1 amide bonds. The predicted molar refractivity (Wildman–Crippen MR) is 68.9 cm³/mol. The number of hydrogen-bond donors (Lipinski definition) is 2. The Morgan fingerprint density at radius 2 is 1.78 bits per heavy atom. The predicted octanol–water partition coefficient (Wildman–Crippen LogP) is 1.16. The number of nitrogens with two attached hydrogens (primary N) is 1. The normalized spacial score (nSPS) is 38.1. The first kappa shape index (κ1) is 12.4. The van der Waals surface area contributed by atoms with Gasteiger partial charge in [-0.15, -0.1) is 0 Å². The zero-order valence-electron chi connectivity index (χ0n) is 11.0. The molecule has 2 unspecified atom stereocenters. The highest BCUT2D eigenvalue weighted by molar-refractivity contribution is 5.78. The summed E-state index contributed by atoms with van der Waals surface area (Å²) in [4.78, 5) is 14.5. The van der Waals surface area contributed by atoms with Crippen LogP contribution in [0.1, 0.15) is 57.8 Å². The van der Waals surface area contributed by atoms with Crippen molar-refractivity contribution in [2.75, 3.05) is 0 Å². The lowest BCUT2D eigenvalue weighted by atomic mass is 9.92. The fraction of sp³-hybridized carbons (Fsp3) is 0.929. The zero-order chi connectivity index (χ0) is 12.8. The van der Waals surface area contributed by atoms with Crippen LogP contribution < -0.4 is 5.73 Å². The largest absolute Gasteiger partial charge is 0.393 e. The highest BCUT2D eigenvalue weighted by Gasteiger charge is 2.44. The van der Waals surface area contributed by atoms with Crippen LogP contribution in [-0.4, -0.2) is 39.6 Å². The van der Waals surface area contributed by atoms with Crippen LogP contribution in [0.15, 0.2) is 0 Å². The Morgan fingerprint density at radius 3 is 2.33 bits per heavy atom. The summed E-state index contributed by atoms with van der Waals surface area (Å²) in [5, 5.41) is 9.76. The molecule has 0 spiro atoms. The molecule has 1 aliphatic carbocycles. The summed E-state index contributed by atoms with van der Waals surface area (Å²) in [7, 11) is 0. The van der Waals surface area contributed by atoms with Gasteiger partial charge in [-0.2, -0.15) is 0 Å². The number of aliphatic hydroxyl groups is 1. The fourth-order valence-electron chi connectivity index (χ4n) is 4.20. The van der Waals surface area contributed by atoms with Gasteiger partial charge in [0.2, 0.25) is 5.91 Å². The number of amides is 1. The van der Waals surface area contributed by atoms with Crippen molar-refractivity contribution in [3.8, 4) is 0 Å². The van der Waals surface area contributed by atoms with Gasteiger partial charge in [0.05, 0.1) is 6.10 Å².